The number of aromatic amines is 1. The van der Waals surface area contributed by atoms with Crippen molar-refractivity contribution in [3.63, 3.8) is 0 Å². The lowest BCUT2D eigenvalue weighted by atomic mass is 10.1. The van der Waals surface area contributed by atoms with Crippen LogP contribution in [0.4, 0.5) is 4.39 Å². The topological polar surface area (TPSA) is 122 Å². The third-order valence-electron chi connectivity index (χ3n) is 4.70. The van der Waals surface area contributed by atoms with Crippen molar-refractivity contribution in [3.05, 3.63) is 87.4 Å². The lowest BCUT2D eigenvalue weighted by Gasteiger charge is -2.08. The van der Waals surface area contributed by atoms with Gasteiger partial charge < -0.3 is 5.11 Å². The molecule has 32 heavy (non-hydrogen) atoms. The second-order valence-electron chi connectivity index (χ2n) is 6.86. The van der Waals surface area contributed by atoms with Gasteiger partial charge in [-0.3, -0.25) is 9.89 Å². The summed E-state index contributed by atoms with van der Waals surface area (Å²) in [6.45, 7) is 0. The minimum Gasteiger partial charge on any atom is -0.476 e. The fraction of sp³-hybridized carbons (Fsp3) is 0.0952. The number of carbonyl (C=O) groups is 1. The number of thiazole rings is 1. The summed E-state index contributed by atoms with van der Waals surface area (Å²) in [5.74, 6) is -2.38. The third-order valence-corrected chi connectivity index (χ3v) is 7.25. The molecule has 11 heteroatoms. The molecule has 0 saturated carbocycles. The Labute approximate surface area is 185 Å². The van der Waals surface area contributed by atoms with Gasteiger partial charge in [0.1, 0.15) is 10.7 Å². The van der Waals surface area contributed by atoms with Crippen molar-refractivity contribution in [2.45, 2.75) is 11.3 Å². The maximum atomic E-state index is 14.4. The minimum atomic E-state index is -3.93. The highest BCUT2D eigenvalue weighted by Gasteiger charge is 2.21. The van der Waals surface area contributed by atoms with Crippen molar-refractivity contribution in [2.75, 3.05) is 5.75 Å². The molecule has 0 aliphatic rings. The van der Waals surface area contributed by atoms with Gasteiger partial charge in [0, 0.05) is 17.0 Å². The molecule has 0 aliphatic heterocycles. The van der Waals surface area contributed by atoms with E-state index in [-0.39, 0.29) is 34.3 Å². The summed E-state index contributed by atoms with van der Waals surface area (Å²) < 4.78 is 41.0. The summed E-state index contributed by atoms with van der Waals surface area (Å²) in [6, 6.07) is 13.8. The molecule has 2 aromatic heterocycles. The molecule has 0 atom stereocenters. The Bertz CT molecular complexity index is 1460. The van der Waals surface area contributed by atoms with Crippen molar-refractivity contribution < 1.29 is 22.7 Å². The summed E-state index contributed by atoms with van der Waals surface area (Å²) in [7, 11) is -3.93. The molecule has 0 unspecified atom stereocenters. The zero-order valence-electron chi connectivity index (χ0n) is 16.4. The van der Waals surface area contributed by atoms with E-state index in [0.717, 1.165) is 27.6 Å². The van der Waals surface area contributed by atoms with Crippen molar-refractivity contribution in [3.8, 4) is 16.4 Å². The summed E-state index contributed by atoms with van der Waals surface area (Å²) >= 11 is 0.952. The van der Waals surface area contributed by atoms with Crippen LogP contribution in [0.5, 0.6) is 0 Å². The highest BCUT2D eigenvalue weighted by atomic mass is 32.2. The predicted molar refractivity (Wildman–Crippen MR) is 117 cm³/mol. The molecule has 0 radical (unpaired) electrons. The lowest BCUT2D eigenvalue weighted by Crippen LogP contribution is -2.13. The van der Waals surface area contributed by atoms with Gasteiger partial charge in [0.25, 0.3) is 5.56 Å². The SMILES string of the molecule is O=C(O)c1csc(-n2[nH]c(-c3ccc(F)c(S(=O)(=O)CCc4ccccc4)c3)cc2=O)n1. The second kappa shape index (κ2) is 8.52. The molecule has 2 heterocycles. The van der Waals surface area contributed by atoms with Crippen molar-refractivity contribution in [1.29, 1.82) is 0 Å². The minimum absolute atomic E-state index is 0.108. The van der Waals surface area contributed by atoms with Gasteiger partial charge in [0.15, 0.2) is 15.5 Å². The number of nitrogens with zero attached hydrogens (tertiary/aromatic N) is 2. The molecule has 164 valence electrons. The largest absolute Gasteiger partial charge is 0.476 e. The molecule has 2 aromatic carbocycles. The van der Waals surface area contributed by atoms with Crippen LogP contribution in [0.2, 0.25) is 0 Å². The van der Waals surface area contributed by atoms with Crippen LogP contribution in [0, 0.1) is 5.82 Å². The molecule has 0 aliphatic carbocycles. The average Bonchev–Trinajstić information content (AvgIpc) is 3.40. The number of aromatic carboxylic acids is 1. The zero-order valence-corrected chi connectivity index (χ0v) is 18.0. The molecule has 0 fully saturated rings. The second-order valence-corrected chi connectivity index (χ2v) is 9.78. The van der Waals surface area contributed by atoms with E-state index in [9.17, 15) is 22.4 Å². The number of aromatic nitrogens is 3. The van der Waals surface area contributed by atoms with Crippen molar-refractivity contribution in [1.82, 2.24) is 14.8 Å². The smallest absolute Gasteiger partial charge is 0.355 e. The number of rotatable bonds is 7. The molecule has 0 bridgehead atoms. The molecular weight excluding hydrogens is 457 g/mol. The monoisotopic (exact) mass is 473 g/mol. The van der Waals surface area contributed by atoms with Gasteiger partial charge in [-0.15, -0.1) is 11.3 Å². The Morgan fingerprint density at radius 1 is 1.16 bits per heavy atom. The van der Waals surface area contributed by atoms with Gasteiger partial charge in [0.2, 0.25) is 5.13 Å². The quantitative estimate of drug-likeness (QED) is 0.425. The molecule has 4 rings (SSSR count). The number of H-pyrrole nitrogens is 1. The summed E-state index contributed by atoms with van der Waals surface area (Å²) in [4.78, 5) is 26.8. The molecular formula is C21H16FN3O5S2. The van der Waals surface area contributed by atoms with Gasteiger partial charge in [0.05, 0.1) is 11.4 Å². The van der Waals surface area contributed by atoms with Crippen LogP contribution in [-0.2, 0) is 16.3 Å². The summed E-state index contributed by atoms with van der Waals surface area (Å²) in [5, 5.41) is 13.2. The predicted octanol–water partition coefficient (Wildman–Crippen LogP) is 3.14. The van der Waals surface area contributed by atoms with E-state index in [1.807, 2.05) is 6.07 Å². The molecule has 0 spiro atoms. The lowest BCUT2D eigenvalue weighted by molar-refractivity contribution is 0.0691. The summed E-state index contributed by atoms with van der Waals surface area (Å²) in [5.41, 5.74) is 0.612. The first-order valence-corrected chi connectivity index (χ1v) is 11.9. The maximum absolute atomic E-state index is 14.4. The van der Waals surface area contributed by atoms with Gasteiger partial charge in [-0.1, -0.05) is 30.3 Å². The normalized spacial score (nSPS) is 11.5. The third kappa shape index (κ3) is 4.39. The summed E-state index contributed by atoms with van der Waals surface area (Å²) in [6.07, 6.45) is 0.232. The van der Waals surface area contributed by atoms with E-state index >= 15 is 0 Å². The van der Waals surface area contributed by atoms with Gasteiger partial charge in [-0.2, -0.15) is 4.68 Å². The molecule has 4 aromatic rings. The van der Waals surface area contributed by atoms with Crippen LogP contribution < -0.4 is 5.56 Å². The fourth-order valence-corrected chi connectivity index (χ4v) is 5.23. The Morgan fingerprint density at radius 2 is 1.91 bits per heavy atom. The van der Waals surface area contributed by atoms with Crippen LogP contribution in [-0.4, -0.2) is 40.0 Å². The van der Waals surface area contributed by atoms with E-state index in [2.05, 4.69) is 10.1 Å². The maximum Gasteiger partial charge on any atom is 0.355 e. The van der Waals surface area contributed by atoms with E-state index in [1.165, 1.54) is 23.6 Å². The number of halogens is 1. The van der Waals surface area contributed by atoms with E-state index in [0.29, 0.717) is 0 Å². The Morgan fingerprint density at radius 3 is 2.59 bits per heavy atom. The van der Waals surface area contributed by atoms with E-state index < -0.39 is 32.1 Å². The van der Waals surface area contributed by atoms with Gasteiger partial charge in [-0.25, -0.2) is 22.6 Å². The zero-order chi connectivity index (χ0) is 22.9. The number of carboxylic acids is 1. The number of sulfone groups is 1. The van der Waals surface area contributed by atoms with E-state index in [1.54, 1.807) is 24.3 Å². The highest BCUT2D eigenvalue weighted by Crippen LogP contribution is 2.25. The van der Waals surface area contributed by atoms with Crippen LogP contribution in [0.25, 0.3) is 16.4 Å². The van der Waals surface area contributed by atoms with Crippen molar-refractivity contribution >= 4 is 27.1 Å². The first kappa shape index (κ1) is 21.7. The molecule has 0 amide bonds. The standard InChI is InChI=1S/C21H16FN3O5S2/c22-15-7-6-14(10-18(15)32(29,30)9-8-13-4-2-1-3-5-13)16-11-19(26)25(24-16)21-23-17(12-31-21)20(27)28/h1-7,10-12,24H,8-9H2,(H,27,28). The first-order valence-electron chi connectivity index (χ1n) is 9.32. The van der Waals surface area contributed by atoms with E-state index in [4.69, 9.17) is 5.11 Å². The molecule has 0 saturated heterocycles. The molecule has 8 nitrogen and oxygen atoms in total. The van der Waals surface area contributed by atoms with Crippen LogP contribution in [0.15, 0.2) is 69.7 Å². The fourth-order valence-electron chi connectivity index (χ4n) is 3.07. The van der Waals surface area contributed by atoms with Crippen LogP contribution in [0.1, 0.15) is 16.1 Å². The van der Waals surface area contributed by atoms with Crippen LogP contribution in [0.3, 0.4) is 0 Å². The Balaban J connectivity index is 1.65. The number of benzene rings is 2. The highest BCUT2D eigenvalue weighted by molar-refractivity contribution is 7.91. The first-order chi connectivity index (χ1) is 15.2. The van der Waals surface area contributed by atoms with Gasteiger partial charge in [-0.05, 0) is 30.2 Å². The Hall–Kier alpha value is -3.57. The van der Waals surface area contributed by atoms with Crippen molar-refractivity contribution in [2.24, 2.45) is 0 Å². The van der Waals surface area contributed by atoms with Crippen LogP contribution >= 0.6 is 11.3 Å². The average molecular weight is 474 g/mol. The number of nitrogens with one attached hydrogen (secondary N) is 1. The number of hydrogen-bond acceptors (Lipinski definition) is 6. The number of hydrogen-bond donors (Lipinski definition) is 2. The molecule has 2 N–H and O–H groups in total. The van der Waals surface area contributed by atoms with Gasteiger partial charge >= 0.3 is 5.97 Å². The number of aryl methyl sites for hydroxylation is 1. The Kier molecular flexibility index (Phi) is 5.76. The number of carboxylic acid groups (broad SMARTS) is 1.